The predicted molar refractivity (Wildman–Crippen MR) is 82.1 cm³/mol. The van der Waals surface area contributed by atoms with Crippen LogP contribution in [0.25, 0.3) is 0 Å². The molecule has 1 saturated heterocycles. The van der Waals surface area contributed by atoms with Gasteiger partial charge in [-0.15, -0.1) is 23.5 Å². The lowest BCUT2D eigenvalue weighted by atomic mass is 9.94. The van der Waals surface area contributed by atoms with Crippen LogP contribution in [0.1, 0.15) is 32.3 Å². The Balaban J connectivity index is 2.37. The number of ketones is 1. The average Bonchev–Trinajstić information content (AvgIpc) is 2.47. The van der Waals surface area contributed by atoms with E-state index in [1.54, 1.807) is 0 Å². The minimum absolute atomic E-state index is 0.0629. The molecule has 1 aromatic carbocycles. The number of hydrogen-bond acceptors (Lipinski definition) is 3. The van der Waals surface area contributed by atoms with E-state index in [1.807, 2.05) is 36.5 Å². The molecule has 0 aliphatic carbocycles. The third kappa shape index (κ3) is 2.62. The molecule has 1 aliphatic heterocycles. The van der Waals surface area contributed by atoms with Gasteiger partial charge in [0.05, 0.1) is 4.08 Å². The lowest BCUT2D eigenvalue weighted by Crippen LogP contribution is -2.35. The molecule has 1 fully saturated rings. The van der Waals surface area contributed by atoms with Gasteiger partial charge in [-0.1, -0.05) is 44.2 Å². The van der Waals surface area contributed by atoms with Crippen LogP contribution in [0.15, 0.2) is 30.3 Å². The van der Waals surface area contributed by atoms with Gasteiger partial charge in [-0.2, -0.15) is 0 Å². The first kappa shape index (κ1) is 14.0. The molecule has 1 aromatic rings. The summed E-state index contributed by atoms with van der Waals surface area (Å²) in [5, 5.41) is 0. The maximum atomic E-state index is 12.2. The van der Waals surface area contributed by atoms with Gasteiger partial charge < -0.3 is 0 Å². The molecule has 1 nitrogen and oxygen atoms in total. The van der Waals surface area contributed by atoms with Gasteiger partial charge in [-0.05, 0) is 23.5 Å². The number of carbonyl (C=O) groups excluding carboxylic acids is 1. The molecular formula is C15H20OS2. The zero-order valence-electron chi connectivity index (χ0n) is 11.0. The molecule has 18 heavy (non-hydrogen) atoms. The van der Waals surface area contributed by atoms with E-state index in [9.17, 15) is 4.79 Å². The largest absolute Gasteiger partial charge is 0.299 e. The van der Waals surface area contributed by atoms with Crippen LogP contribution in [0.4, 0.5) is 0 Å². The maximum absolute atomic E-state index is 12.2. The molecule has 2 rings (SSSR count). The van der Waals surface area contributed by atoms with Gasteiger partial charge in [-0.25, -0.2) is 0 Å². The van der Waals surface area contributed by atoms with Crippen molar-refractivity contribution in [2.45, 2.75) is 30.8 Å². The Kier molecular flexibility index (Phi) is 4.79. The fourth-order valence-electron chi connectivity index (χ4n) is 2.40. The van der Waals surface area contributed by atoms with Gasteiger partial charge in [0.1, 0.15) is 5.78 Å². The molecule has 0 radical (unpaired) electrons. The van der Waals surface area contributed by atoms with Crippen molar-refractivity contribution >= 4 is 29.3 Å². The topological polar surface area (TPSA) is 17.1 Å². The molecule has 0 spiro atoms. The molecule has 0 aromatic heterocycles. The summed E-state index contributed by atoms with van der Waals surface area (Å²) in [5.74, 6) is 2.77. The van der Waals surface area contributed by atoms with Crippen molar-refractivity contribution in [2.75, 3.05) is 11.5 Å². The summed E-state index contributed by atoms with van der Waals surface area (Å²) in [6.07, 6.45) is 1.88. The van der Waals surface area contributed by atoms with Gasteiger partial charge >= 0.3 is 0 Å². The molecule has 0 saturated carbocycles. The zero-order chi connectivity index (χ0) is 13.0. The second kappa shape index (κ2) is 6.16. The highest BCUT2D eigenvalue weighted by molar-refractivity contribution is 8.18. The van der Waals surface area contributed by atoms with Crippen molar-refractivity contribution in [1.29, 1.82) is 0 Å². The minimum atomic E-state index is -0.0629. The van der Waals surface area contributed by atoms with Crippen molar-refractivity contribution in [3.05, 3.63) is 35.9 Å². The smallest absolute Gasteiger partial charge is 0.138 e. The van der Waals surface area contributed by atoms with Gasteiger partial charge in [0.2, 0.25) is 0 Å². The van der Waals surface area contributed by atoms with Crippen molar-refractivity contribution in [1.82, 2.24) is 0 Å². The SMILES string of the molecule is CCC(=O)C(C)C1(c2ccccc2)SCCCS1. The summed E-state index contributed by atoms with van der Waals surface area (Å²) in [6, 6.07) is 10.5. The van der Waals surface area contributed by atoms with Crippen molar-refractivity contribution in [3.63, 3.8) is 0 Å². The molecule has 3 heteroatoms. The number of Topliss-reactive ketones (excluding diaryl/α,β-unsaturated/α-hetero) is 1. The zero-order valence-corrected chi connectivity index (χ0v) is 12.7. The standard InChI is InChI=1S/C15H20OS2/c1-3-14(16)12(2)15(17-10-7-11-18-15)13-8-5-4-6-9-13/h4-6,8-9,12H,3,7,10-11H2,1-2H3. The van der Waals surface area contributed by atoms with E-state index in [4.69, 9.17) is 0 Å². The maximum Gasteiger partial charge on any atom is 0.138 e. The second-order valence-electron chi connectivity index (χ2n) is 4.63. The molecule has 98 valence electrons. The summed E-state index contributed by atoms with van der Waals surface area (Å²) in [5.41, 5.74) is 1.30. The summed E-state index contributed by atoms with van der Waals surface area (Å²) < 4.78 is -0.0629. The predicted octanol–water partition coefficient (Wildman–Crippen LogP) is 4.32. The third-order valence-electron chi connectivity index (χ3n) is 3.50. The van der Waals surface area contributed by atoms with Crippen LogP contribution in [0, 0.1) is 5.92 Å². The highest BCUT2D eigenvalue weighted by atomic mass is 32.2. The van der Waals surface area contributed by atoms with E-state index < -0.39 is 0 Å². The minimum Gasteiger partial charge on any atom is -0.299 e. The summed E-state index contributed by atoms with van der Waals surface area (Å²) in [4.78, 5) is 12.2. The monoisotopic (exact) mass is 280 g/mol. The number of carbonyl (C=O) groups is 1. The Bertz CT molecular complexity index is 396. The fraction of sp³-hybridized carbons (Fsp3) is 0.533. The third-order valence-corrected chi connectivity index (χ3v) is 7.23. The summed E-state index contributed by atoms with van der Waals surface area (Å²) in [7, 11) is 0. The summed E-state index contributed by atoms with van der Waals surface area (Å²) in [6.45, 7) is 4.07. The molecule has 1 atom stereocenters. The normalized spacial score (nSPS) is 20.3. The average molecular weight is 280 g/mol. The molecular weight excluding hydrogens is 260 g/mol. The first-order valence-electron chi connectivity index (χ1n) is 6.57. The Morgan fingerprint density at radius 1 is 1.28 bits per heavy atom. The van der Waals surface area contributed by atoms with E-state index in [1.165, 1.54) is 12.0 Å². The quantitative estimate of drug-likeness (QED) is 0.817. The lowest BCUT2D eigenvalue weighted by molar-refractivity contribution is -0.122. The van der Waals surface area contributed by atoms with Gasteiger partial charge in [0.15, 0.2) is 0 Å². The van der Waals surface area contributed by atoms with Gasteiger partial charge in [0, 0.05) is 12.3 Å². The molecule has 0 amide bonds. The van der Waals surface area contributed by atoms with Gasteiger partial charge in [0.25, 0.3) is 0 Å². The van der Waals surface area contributed by atoms with Crippen LogP contribution in [-0.4, -0.2) is 17.3 Å². The molecule has 1 aliphatic rings. The van der Waals surface area contributed by atoms with Crippen molar-refractivity contribution in [2.24, 2.45) is 5.92 Å². The highest BCUT2D eigenvalue weighted by Crippen LogP contribution is 2.55. The van der Waals surface area contributed by atoms with Crippen LogP contribution in [-0.2, 0) is 8.87 Å². The first-order valence-corrected chi connectivity index (χ1v) is 8.54. The van der Waals surface area contributed by atoms with E-state index in [0.29, 0.717) is 12.2 Å². The number of benzene rings is 1. The van der Waals surface area contributed by atoms with E-state index in [-0.39, 0.29) is 10.00 Å². The summed E-state index contributed by atoms with van der Waals surface area (Å²) >= 11 is 3.92. The molecule has 1 unspecified atom stereocenters. The van der Waals surface area contributed by atoms with Crippen molar-refractivity contribution < 1.29 is 4.79 Å². The molecule has 0 bridgehead atoms. The van der Waals surface area contributed by atoms with Crippen LogP contribution in [0.3, 0.4) is 0 Å². The molecule has 0 N–H and O–H groups in total. The Hall–Kier alpha value is -0.410. The number of hydrogen-bond donors (Lipinski definition) is 0. The Morgan fingerprint density at radius 3 is 2.44 bits per heavy atom. The number of rotatable bonds is 4. The van der Waals surface area contributed by atoms with Crippen LogP contribution in [0.2, 0.25) is 0 Å². The fourth-order valence-corrected chi connectivity index (χ4v) is 5.97. The lowest BCUT2D eigenvalue weighted by Gasteiger charge is -2.40. The Labute approximate surface area is 118 Å². The Morgan fingerprint density at radius 2 is 1.89 bits per heavy atom. The van der Waals surface area contributed by atoms with Gasteiger partial charge in [-0.3, -0.25) is 4.79 Å². The van der Waals surface area contributed by atoms with E-state index >= 15 is 0 Å². The van der Waals surface area contributed by atoms with E-state index in [2.05, 4.69) is 31.2 Å². The van der Waals surface area contributed by atoms with Crippen LogP contribution < -0.4 is 0 Å². The highest BCUT2D eigenvalue weighted by Gasteiger charge is 2.43. The van der Waals surface area contributed by atoms with E-state index in [0.717, 1.165) is 11.5 Å². The molecule has 1 heterocycles. The second-order valence-corrected chi connectivity index (χ2v) is 7.57. The van der Waals surface area contributed by atoms with Crippen molar-refractivity contribution in [3.8, 4) is 0 Å². The first-order chi connectivity index (χ1) is 8.70. The van der Waals surface area contributed by atoms with Crippen LogP contribution >= 0.6 is 23.5 Å². The number of thioether (sulfide) groups is 2. The van der Waals surface area contributed by atoms with Crippen LogP contribution in [0.5, 0.6) is 0 Å².